The van der Waals surface area contributed by atoms with Crippen molar-refractivity contribution in [3.05, 3.63) is 58.4 Å². The van der Waals surface area contributed by atoms with Gasteiger partial charge in [0.1, 0.15) is 5.82 Å². The largest absolute Gasteiger partial charge is 0.416 e. The van der Waals surface area contributed by atoms with E-state index in [9.17, 15) is 27.6 Å². The van der Waals surface area contributed by atoms with E-state index < -0.39 is 35.0 Å². The number of halogens is 3. The predicted molar refractivity (Wildman–Crippen MR) is 102 cm³/mol. The van der Waals surface area contributed by atoms with Gasteiger partial charge in [0.25, 0.3) is 5.56 Å². The van der Waals surface area contributed by atoms with Gasteiger partial charge in [-0.05, 0) is 18.2 Å². The maximum atomic E-state index is 12.9. The van der Waals surface area contributed by atoms with Crippen molar-refractivity contribution in [1.82, 2.24) is 9.97 Å². The van der Waals surface area contributed by atoms with Crippen LogP contribution in [0.3, 0.4) is 0 Å². The van der Waals surface area contributed by atoms with Crippen molar-refractivity contribution < 1.29 is 22.8 Å². The number of hydrogen-bond acceptors (Lipinski definition) is 5. The third-order valence-electron chi connectivity index (χ3n) is 4.04. The molecule has 3 N–H and O–H groups in total. The standard InChI is InChI=1S/C18H15F3N4O3S/c1-2-6-29-17-24-14-13(16(28)25-17)11(8-12(26)23-14)15(27)22-10-5-3-4-9(7-10)18(19,20)21/h2-5,7,11H,1,6,8H2,(H,22,27)(H2,23,24,25,26,28). The molecule has 1 unspecified atom stereocenters. The van der Waals surface area contributed by atoms with Gasteiger partial charge in [-0.3, -0.25) is 14.4 Å². The maximum absolute atomic E-state index is 12.9. The molecule has 3 rings (SSSR count). The number of nitrogens with one attached hydrogen (secondary N) is 3. The van der Waals surface area contributed by atoms with E-state index in [1.165, 1.54) is 17.8 Å². The van der Waals surface area contributed by atoms with Gasteiger partial charge in [0.2, 0.25) is 11.8 Å². The van der Waals surface area contributed by atoms with Crippen LogP contribution in [0.5, 0.6) is 0 Å². The second kappa shape index (κ2) is 8.11. The molecule has 0 saturated heterocycles. The van der Waals surface area contributed by atoms with Gasteiger partial charge in [-0.2, -0.15) is 13.2 Å². The van der Waals surface area contributed by atoms with Crippen LogP contribution in [-0.2, 0) is 15.8 Å². The van der Waals surface area contributed by atoms with Crippen LogP contribution in [-0.4, -0.2) is 27.5 Å². The number of amides is 2. The first kappa shape index (κ1) is 20.6. The Bertz CT molecular complexity index is 1040. The Hall–Kier alpha value is -3.08. The normalized spacial score (nSPS) is 16.0. The number of H-pyrrole nitrogens is 1. The lowest BCUT2D eigenvalue weighted by atomic mass is 9.92. The molecule has 152 valence electrons. The molecule has 1 aromatic heterocycles. The van der Waals surface area contributed by atoms with Crippen molar-refractivity contribution in [2.24, 2.45) is 0 Å². The number of thioether (sulfide) groups is 1. The van der Waals surface area contributed by atoms with Crippen LogP contribution >= 0.6 is 11.8 Å². The summed E-state index contributed by atoms with van der Waals surface area (Å²) in [6, 6.07) is 4.08. The predicted octanol–water partition coefficient (Wildman–Crippen LogP) is 3.13. The monoisotopic (exact) mass is 424 g/mol. The number of hydrogen-bond donors (Lipinski definition) is 3. The first-order valence-electron chi connectivity index (χ1n) is 8.35. The lowest BCUT2D eigenvalue weighted by Crippen LogP contribution is -2.36. The fourth-order valence-electron chi connectivity index (χ4n) is 2.78. The molecule has 0 spiro atoms. The SMILES string of the molecule is C=CCSc1nc2c(c(=O)[nH]1)C(C(=O)Nc1cccc(C(F)(F)F)c1)CC(=O)N2. The van der Waals surface area contributed by atoms with Crippen molar-refractivity contribution >= 4 is 35.1 Å². The summed E-state index contributed by atoms with van der Waals surface area (Å²) >= 11 is 1.18. The highest BCUT2D eigenvalue weighted by molar-refractivity contribution is 7.99. The summed E-state index contributed by atoms with van der Waals surface area (Å²) in [5, 5.41) is 5.04. The van der Waals surface area contributed by atoms with E-state index in [4.69, 9.17) is 0 Å². The van der Waals surface area contributed by atoms with E-state index in [2.05, 4.69) is 27.2 Å². The molecule has 0 aliphatic carbocycles. The van der Waals surface area contributed by atoms with E-state index in [1.54, 1.807) is 6.08 Å². The number of alkyl halides is 3. The molecule has 7 nitrogen and oxygen atoms in total. The molecule has 0 saturated carbocycles. The molecular formula is C18H15F3N4O3S. The molecule has 1 aliphatic rings. The van der Waals surface area contributed by atoms with E-state index in [0.717, 1.165) is 18.2 Å². The topological polar surface area (TPSA) is 104 Å². The first-order chi connectivity index (χ1) is 13.7. The quantitative estimate of drug-likeness (QED) is 0.389. The van der Waals surface area contributed by atoms with Gasteiger partial charge in [0, 0.05) is 17.9 Å². The fourth-order valence-corrected chi connectivity index (χ4v) is 3.38. The molecule has 0 bridgehead atoms. The number of aromatic amines is 1. The zero-order valence-corrected chi connectivity index (χ0v) is 15.6. The second-order valence-corrected chi connectivity index (χ2v) is 7.11. The van der Waals surface area contributed by atoms with Crippen LogP contribution < -0.4 is 16.2 Å². The van der Waals surface area contributed by atoms with E-state index in [0.29, 0.717) is 5.75 Å². The van der Waals surface area contributed by atoms with Crippen molar-refractivity contribution in [1.29, 1.82) is 0 Å². The molecule has 29 heavy (non-hydrogen) atoms. The number of rotatable bonds is 5. The zero-order valence-electron chi connectivity index (χ0n) is 14.8. The average Bonchev–Trinajstić information content (AvgIpc) is 2.64. The first-order valence-corrected chi connectivity index (χ1v) is 9.33. The van der Waals surface area contributed by atoms with Crippen LogP contribution in [0.1, 0.15) is 23.5 Å². The molecule has 1 aliphatic heterocycles. The summed E-state index contributed by atoms with van der Waals surface area (Å²) < 4.78 is 38.6. The minimum absolute atomic E-state index is 0.0410. The summed E-state index contributed by atoms with van der Waals surface area (Å²) in [4.78, 5) is 43.8. The van der Waals surface area contributed by atoms with Crippen molar-refractivity contribution in [3.63, 3.8) is 0 Å². The summed E-state index contributed by atoms with van der Waals surface area (Å²) in [6.45, 7) is 3.56. The number of carbonyl (C=O) groups is 2. The smallest absolute Gasteiger partial charge is 0.326 e. The Kier molecular flexibility index (Phi) is 5.78. The molecule has 2 heterocycles. The van der Waals surface area contributed by atoms with E-state index >= 15 is 0 Å². The molecule has 11 heteroatoms. The third-order valence-corrected chi connectivity index (χ3v) is 4.91. The Morgan fingerprint density at radius 3 is 2.83 bits per heavy atom. The average molecular weight is 424 g/mol. The molecule has 1 atom stereocenters. The van der Waals surface area contributed by atoms with Crippen molar-refractivity contribution in [3.8, 4) is 0 Å². The van der Waals surface area contributed by atoms with Crippen LogP contribution in [0, 0.1) is 0 Å². The van der Waals surface area contributed by atoms with Crippen LogP contribution in [0.15, 0.2) is 46.9 Å². The molecule has 0 fully saturated rings. The van der Waals surface area contributed by atoms with Gasteiger partial charge < -0.3 is 15.6 Å². The van der Waals surface area contributed by atoms with Crippen molar-refractivity contribution in [2.45, 2.75) is 23.7 Å². The zero-order chi connectivity index (χ0) is 21.2. The summed E-state index contributed by atoms with van der Waals surface area (Å²) in [6.07, 6.45) is -3.30. The number of nitrogens with zero attached hydrogens (tertiary/aromatic N) is 1. The summed E-state index contributed by atoms with van der Waals surface area (Å²) in [7, 11) is 0. The van der Waals surface area contributed by atoms with Gasteiger partial charge in [-0.1, -0.05) is 23.9 Å². The highest BCUT2D eigenvalue weighted by atomic mass is 32.2. The lowest BCUT2D eigenvalue weighted by Gasteiger charge is -2.23. The van der Waals surface area contributed by atoms with Gasteiger partial charge in [-0.25, -0.2) is 4.98 Å². The summed E-state index contributed by atoms with van der Waals surface area (Å²) in [5.41, 5.74) is -1.68. The van der Waals surface area contributed by atoms with E-state index in [1.807, 2.05) is 0 Å². The van der Waals surface area contributed by atoms with E-state index in [-0.39, 0.29) is 28.6 Å². The highest BCUT2D eigenvalue weighted by Crippen LogP contribution is 2.33. The number of aromatic nitrogens is 2. The molecule has 2 aromatic rings. The van der Waals surface area contributed by atoms with Gasteiger partial charge in [0.15, 0.2) is 5.16 Å². The Morgan fingerprint density at radius 1 is 1.38 bits per heavy atom. The van der Waals surface area contributed by atoms with Gasteiger partial charge >= 0.3 is 6.18 Å². The van der Waals surface area contributed by atoms with Crippen molar-refractivity contribution in [2.75, 3.05) is 16.4 Å². The van der Waals surface area contributed by atoms with Gasteiger partial charge in [0.05, 0.1) is 17.0 Å². The Labute approximate surface area is 166 Å². The molecular weight excluding hydrogens is 409 g/mol. The third kappa shape index (κ3) is 4.67. The minimum atomic E-state index is -4.57. The van der Waals surface area contributed by atoms with Crippen LogP contribution in [0.4, 0.5) is 24.7 Å². The molecule has 0 radical (unpaired) electrons. The minimum Gasteiger partial charge on any atom is -0.326 e. The lowest BCUT2D eigenvalue weighted by molar-refractivity contribution is -0.137. The number of carbonyl (C=O) groups excluding carboxylic acids is 2. The Morgan fingerprint density at radius 2 is 2.14 bits per heavy atom. The number of anilines is 2. The molecule has 1 aromatic carbocycles. The Balaban J connectivity index is 1.90. The maximum Gasteiger partial charge on any atom is 0.416 e. The fraction of sp³-hybridized carbons (Fsp3) is 0.222. The number of fused-ring (bicyclic) bond motifs is 1. The molecule has 2 amide bonds. The summed E-state index contributed by atoms with van der Waals surface area (Å²) in [5.74, 6) is -2.07. The highest BCUT2D eigenvalue weighted by Gasteiger charge is 2.35. The van der Waals surface area contributed by atoms with Crippen LogP contribution in [0.25, 0.3) is 0 Å². The number of benzene rings is 1. The van der Waals surface area contributed by atoms with Gasteiger partial charge in [-0.15, -0.1) is 6.58 Å². The second-order valence-electron chi connectivity index (χ2n) is 6.11. The van der Waals surface area contributed by atoms with Crippen LogP contribution in [0.2, 0.25) is 0 Å².